The summed E-state index contributed by atoms with van der Waals surface area (Å²) in [5, 5.41) is 9.49. The number of phenols is 1. The van der Waals surface area contributed by atoms with Gasteiger partial charge >= 0.3 is 18.0 Å². The number of fused-ring (bicyclic) bond motifs is 2. The van der Waals surface area contributed by atoms with Crippen LogP contribution in [0, 0.1) is 11.6 Å². The lowest BCUT2D eigenvalue weighted by atomic mass is 10.2. The van der Waals surface area contributed by atoms with Gasteiger partial charge in [-0.1, -0.05) is 56.1 Å². The molecule has 254 valence electrons. The Hall–Kier alpha value is -4.96. The Morgan fingerprint density at radius 1 is 0.673 bits per heavy atom. The Balaban J connectivity index is 0.000000192. The average Bonchev–Trinajstić information content (AvgIpc) is 3.06. The van der Waals surface area contributed by atoms with E-state index in [4.69, 9.17) is 0 Å². The van der Waals surface area contributed by atoms with Gasteiger partial charge in [-0.2, -0.15) is 8.78 Å². The van der Waals surface area contributed by atoms with Gasteiger partial charge in [-0.15, -0.1) is 0 Å². The van der Waals surface area contributed by atoms with Crippen LogP contribution >= 0.6 is 31.9 Å². The number of hydrogen-bond acceptors (Lipinski definition) is 6. The SMILES string of the molecule is Cn1c(=O)n(Cc2ccc(Br)cc2)c(=O)c2cc(O)c(F)cc21.Cn1c(=O)n(Cc2ccc(Br)cc2)c(=O)c2cc(OC(F)F)c(F)cc21. The highest BCUT2D eigenvalue weighted by Crippen LogP contribution is 2.24. The summed E-state index contributed by atoms with van der Waals surface area (Å²) in [4.78, 5) is 50.1. The van der Waals surface area contributed by atoms with Crippen molar-refractivity contribution in [3.05, 3.63) is 146 Å². The zero-order chi connectivity index (χ0) is 35.7. The fourth-order valence-corrected chi connectivity index (χ4v) is 5.56. The van der Waals surface area contributed by atoms with Gasteiger partial charge in [0.2, 0.25) is 0 Å². The number of rotatable bonds is 6. The summed E-state index contributed by atoms with van der Waals surface area (Å²) in [6.07, 6.45) is 0. The minimum atomic E-state index is -3.24. The number of halogens is 6. The first-order valence-corrected chi connectivity index (χ1v) is 15.7. The Labute approximate surface area is 289 Å². The second-order valence-corrected chi connectivity index (χ2v) is 12.5. The molecule has 6 aromatic rings. The molecule has 0 spiro atoms. The summed E-state index contributed by atoms with van der Waals surface area (Å²) < 4.78 is 62.4. The molecule has 0 saturated carbocycles. The highest BCUT2D eigenvalue weighted by atomic mass is 79.9. The number of nitrogens with zero attached hydrogens (tertiary/aromatic N) is 4. The first-order valence-electron chi connectivity index (χ1n) is 14.1. The lowest BCUT2D eigenvalue weighted by molar-refractivity contribution is -0.0520. The van der Waals surface area contributed by atoms with Gasteiger partial charge in [0.05, 0.1) is 34.9 Å². The van der Waals surface area contributed by atoms with E-state index in [-0.39, 0.29) is 34.9 Å². The molecule has 0 atom stereocenters. The van der Waals surface area contributed by atoms with Gasteiger partial charge in [0.15, 0.2) is 23.1 Å². The first kappa shape index (κ1) is 35.3. The summed E-state index contributed by atoms with van der Waals surface area (Å²) in [5.74, 6) is -3.34. The van der Waals surface area contributed by atoms with Crippen molar-refractivity contribution in [2.24, 2.45) is 14.1 Å². The van der Waals surface area contributed by atoms with Crippen molar-refractivity contribution >= 4 is 53.7 Å². The standard InChI is InChI=1S/C17H12BrF3N2O3.C16H12BrFN2O3/c1-22-13-7-12(19)14(26-16(20)21)6-11(13)15(24)23(17(22)25)8-9-2-4-10(18)5-3-9;1-19-13-7-12(18)14(21)6-11(13)15(22)20(16(19)23)8-9-2-4-10(17)5-3-9/h2-7,16H,8H2,1H3;2-7,21H,8H2,1H3. The molecule has 6 rings (SSSR count). The Morgan fingerprint density at radius 2 is 1.08 bits per heavy atom. The fourth-order valence-electron chi connectivity index (χ4n) is 5.03. The van der Waals surface area contributed by atoms with Crippen LogP contribution in [0.5, 0.6) is 11.5 Å². The van der Waals surface area contributed by atoms with E-state index in [0.29, 0.717) is 5.56 Å². The molecule has 4 aromatic carbocycles. The van der Waals surface area contributed by atoms with Crippen molar-refractivity contribution in [3.8, 4) is 11.5 Å². The van der Waals surface area contributed by atoms with E-state index in [1.165, 1.54) is 18.7 Å². The largest absolute Gasteiger partial charge is 0.505 e. The molecule has 16 heteroatoms. The van der Waals surface area contributed by atoms with Crippen LogP contribution in [-0.4, -0.2) is 30.0 Å². The maximum absolute atomic E-state index is 13.9. The van der Waals surface area contributed by atoms with E-state index in [0.717, 1.165) is 52.5 Å². The monoisotopic (exact) mass is 806 g/mol. The van der Waals surface area contributed by atoms with Crippen molar-refractivity contribution in [2.45, 2.75) is 19.7 Å². The second kappa shape index (κ2) is 14.3. The molecule has 2 heterocycles. The van der Waals surface area contributed by atoms with Crippen LogP contribution in [0.4, 0.5) is 17.6 Å². The third-order valence-electron chi connectivity index (χ3n) is 7.55. The van der Waals surface area contributed by atoms with Gasteiger partial charge < -0.3 is 9.84 Å². The molecule has 0 aliphatic carbocycles. The second-order valence-electron chi connectivity index (χ2n) is 10.7. The summed E-state index contributed by atoms with van der Waals surface area (Å²) in [7, 11) is 2.83. The molecule has 0 unspecified atom stereocenters. The predicted molar refractivity (Wildman–Crippen MR) is 182 cm³/mol. The van der Waals surface area contributed by atoms with Crippen LogP contribution in [0.25, 0.3) is 21.8 Å². The van der Waals surface area contributed by atoms with E-state index in [1.807, 2.05) is 12.1 Å². The van der Waals surface area contributed by atoms with Crippen molar-refractivity contribution in [1.29, 1.82) is 0 Å². The summed E-state index contributed by atoms with van der Waals surface area (Å²) in [6, 6.07) is 17.9. The average molecular weight is 808 g/mol. The van der Waals surface area contributed by atoms with Crippen molar-refractivity contribution < 1.29 is 27.4 Å². The summed E-state index contributed by atoms with van der Waals surface area (Å²) >= 11 is 6.61. The number of phenolic OH excluding ortho intramolecular Hbond substituents is 1. The molecule has 1 N–H and O–H groups in total. The number of ether oxygens (including phenoxy) is 1. The van der Waals surface area contributed by atoms with Crippen LogP contribution in [0.2, 0.25) is 0 Å². The molecular formula is C33H24Br2F4N4O6. The van der Waals surface area contributed by atoms with Gasteiger partial charge in [0.25, 0.3) is 11.1 Å². The van der Waals surface area contributed by atoms with E-state index in [2.05, 4.69) is 36.6 Å². The van der Waals surface area contributed by atoms with Gasteiger partial charge in [-0.25, -0.2) is 18.4 Å². The molecular weight excluding hydrogens is 784 g/mol. The molecule has 2 aromatic heterocycles. The van der Waals surface area contributed by atoms with E-state index < -0.39 is 52.2 Å². The van der Waals surface area contributed by atoms with Crippen LogP contribution in [0.15, 0.2) is 101 Å². The fraction of sp³-hybridized carbons (Fsp3) is 0.152. The van der Waals surface area contributed by atoms with Crippen molar-refractivity contribution in [3.63, 3.8) is 0 Å². The summed E-state index contributed by atoms with van der Waals surface area (Å²) in [6.45, 7) is -3.16. The van der Waals surface area contributed by atoms with Gasteiger partial charge in [0.1, 0.15) is 0 Å². The number of aromatic hydroxyl groups is 1. The van der Waals surface area contributed by atoms with Crippen molar-refractivity contribution in [2.75, 3.05) is 0 Å². The van der Waals surface area contributed by atoms with Crippen LogP contribution in [0.1, 0.15) is 11.1 Å². The smallest absolute Gasteiger partial charge is 0.387 e. The minimum absolute atomic E-state index is 0.00817. The molecule has 0 amide bonds. The first-order chi connectivity index (χ1) is 23.2. The lowest BCUT2D eigenvalue weighted by Gasteiger charge is -2.13. The zero-order valence-corrected chi connectivity index (χ0v) is 28.6. The predicted octanol–water partition coefficient (Wildman–Crippen LogP) is 5.61. The zero-order valence-electron chi connectivity index (χ0n) is 25.5. The highest BCUT2D eigenvalue weighted by molar-refractivity contribution is 9.10. The van der Waals surface area contributed by atoms with Crippen LogP contribution < -0.4 is 27.2 Å². The number of hydrogen-bond donors (Lipinski definition) is 1. The van der Waals surface area contributed by atoms with Gasteiger partial charge in [-0.3, -0.25) is 27.9 Å². The van der Waals surface area contributed by atoms with Crippen LogP contribution in [0.3, 0.4) is 0 Å². The Morgan fingerprint density at radius 3 is 1.51 bits per heavy atom. The maximum atomic E-state index is 13.9. The highest BCUT2D eigenvalue weighted by Gasteiger charge is 2.18. The third kappa shape index (κ3) is 7.39. The molecule has 0 aliphatic rings. The number of aromatic nitrogens is 4. The number of benzene rings is 4. The summed E-state index contributed by atoms with van der Waals surface area (Å²) in [5.41, 5.74) is -0.876. The molecule has 0 saturated heterocycles. The minimum Gasteiger partial charge on any atom is -0.505 e. The van der Waals surface area contributed by atoms with Crippen LogP contribution in [-0.2, 0) is 27.2 Å². The molecule has 10 nitrogen and oxygen atoms in total. The third-order valence-corrected chi connectivity index (χ3v) is 8.61. The Bertz CT molecular complexity index is 2460. The Kier molecular flexibility index (Phi) is 10.3. The van der Waals surface area contributed by atoms with Crippen molar-refractivity contribution in [1.82, 2.24) is 18.3 Å². The molecule has 0 radical (unpaired) electrons. The topological polar surface area (TPSA) is 117 Å². The molecule has 0 fully saturated rings. The van der Waals surface area contributed by atoms with E-state index in [1.54, 1.807) is 36.4 Å². The lowest BCUT2D eigenvalue weighted by Crippen LogP contribution is -2.39. The van der Waals surface area contributed by atoms with E-state index in [9.17, 15) is 41.8 Å². The number of alkyl halides is 2. The maximum Gasteiger partial charge on any atom is 0.387 e. The van der Waals surface area contributed by atoms with Gasteiger partial charge in [0, 0.05) is 35.2 Å². The normalized spacial score (nSPS) is 11.2. The van der Waals surface area contributed by atoms with E-state index >= 15 is 0 Å². The van der Waals surface area contributed by atoms with Gasteiger partial charge in [-0.05, 0) is 47.5 Å². The molecule has 0 aliphatic heterocycles. The molecule has 0 bridgehead atoms. The quantitative estimate of drug-likeness (QED) is 0.219. The number of aryl methyl sites for hydroxylation is 2. The molecule has 49 heavy (non-hydrogen) atoms.